The van der Waals surface area contributed by atoms with E-state index in [9.17, 15) is 8.78 Å². The van der Waals surface area contributed by atoms with Gasteiger partial charge in [0.2, 0.25) is 0 Å². The molecule has 0 unspecified atom stereocenters. The Hall–Kier alpha value is -2.45. The number of terminal acetylenes is 1. The molecule has 124 valence electrons. The van der Waals surface area contributed by atoms with Gasteiger partial charge in [0.25, 0.3) is 0 Å². The largest absolute Gasteiger partial charge is 0.490 e. The van der Waals surface area contributed by atoms with Gasteiger partial charge in [0, 0.05) is 13.0 Å². The lowest BCUT2D eigenvalue weighted by molar-refractivity contribution is 0.406. The van der Waals surface area contributed by atoms with Gasteiger partial charge in [0.1, 0.15) is 11.6 Å². The molecule has 0 heterocycles. The molecule has 2 aromatic carbocycles. The third kappa shape index (κ3) is 4.77. The maximum Gasteiger partial charge on any atom is 0.163 e. The monoisotopic (exact) mass is 345 g/mol. The van der Waals surface area contributed by atoms with Gasteiger partial charge in [-0.1, -0.05) is 24.1 Å². The van der Waals surface area contributed by atoms with Crippen molar-refractivity contribution in [3.05, 3.63) is 65.2 Å². The van der Waals surface area contributed by atoms with Gasteiger partial charge in [-0.3, -0.25) is 0 Å². The molecule has 0 atom stereocenters. The van der Waals surface area contributed by atoms with Gasteiger partial charge in [0.15, 0.2) is 5.05 Å². The first-order valence-electron chi connectivity index (χ1n) is 7.31. The molecule has 0 radical (unpaired) electrons. The topological polar surface area (TPSA) is 12.5 Å². The van der Waals surface area contributed by atoms with Crippen LogP contribution in [0, 0.1) is 24.0 Å². The normalized spacial score (nSPS) is 10.1. The predicted molar refractivity (Wildman–Crippen MR) is 96.0 cm³/mol. The number of benzene rings is 2. The van der Waals surface area contributed by atoms with E-state index < -0.39 is 0 Å². The number of rotatable bonds is 6. The molecule has 0 saturated heterocycles. The molecule has 2 nitrogen and oxygen atoms in total. The minimum absolute atomic E-state index is 0.240. The molecule has 0 spiro atoms. The van der Waals surface area contributed by atoms with E-state index in [0.717, 1.165) is 11.1 Å². The first-order valence-corrected chi connectivity index (χ1v) is 7.72. The first kappa shape index (κ1) is 17.9. The van der Waals surface area contributed by atoms with E-state index in [-0.39, 0.29) is 18.2 Å². The van der Waals surface area contributed by atoms with Gasteiger partial charge in [-0.05, 0) is 47.6 Å². The van der Waals surface area contributed by atoms with Crippen LogP contribution < -0.4 is 4.90 Å². The summed E-state index contributed by atoms with van der Waals surface area (Å²) < 4.78 is 32.4. The van der Waals surface area contributed by atoms with Crippen molar-refractivity contribution >= 4 is 23.0 Å². The summed E-state index contributed by atoms with van der Waals surface area (Å²) >= 11 is 4.99. The number of nitrogens with zero attached hydrogens (tertiary/aromatic N) is 1. The van der Waals surface area contributed by atoms with Crippen molar-refractivity contribution < 1.29 is 13.5 Å². The third-order valence-corrected chi connectivity index (χ3v) is 3.81. The summed E-state index contributed by atoms with van der Waals surface area (Å²) in [5.74, 6) is 1.83. The number of ether oxygens (including phenoxy) is 1. The lowest BCUT2D eigenvalue weighted by atomic mass is 10.1. The summed E-state index contributed by atoms with van der Waals surface area (Å²) in [5.41, 5.74) is 1.96. The third-order valence-electron chi connectivity index (χ3n) is 3.50. The Labute approximate surface area is 146 Å². The van der Waals surface area contributed by atoms with Crippen LogP contribution in [-0.2, 0) is 17.7 Å². The van der Waals surface area contributed by atoms with E-state index >= 15 is 0 Å². The van der Waals surface area contributed by atoms with Crippen LogP contribution in [0.15, 0.2) is 42.5 Å². The predicted octanol–water partition coefficient (Wildman–Crippen LogP) is 4.12. The van der Waals surface area contributed by atoms with Crippen molar-refractivity contribution in [1.29, 1.82) is 0 Å². The van der Waals surface area contributed by atoms with Crippen LogP contribution >= 0.6 is 12.2 Å². The fourth-order valence-electron chi connectivity index (χ4n) is 2.30. The Morgan fingerprint density at radius 3 is 2.42 bits per heavy atom. The maximum atomic E-state index is 14.5. The van der Waals surface area contributed by atoms with E-state index in [1.807, 2.05) is 0 Å². The molecular formula is C19H17F2NOS. The smallest absolute Gasteiger partial charge is 0.163 e. The average Bonchev–Trinajstić information content (AvgIpc) is 2.56. The minimum Gasteiger partial charge on any atom is -0.490 e. The molecule has 0 bridgehead atoms. The average molecular weight is 345 g/mol. The van der Waals surface area contributed by atoms with Crippen LogP contribution in [0.25, 0.3) is 0 Å². The first-order chi connectivity index (χ1) is 11.5. The Balaban J connectivity index is 2.22. The number of anilines is 1. The van der Waals surface area contributed by atoms with Crippen LogP contribution in [0.5, 0.6) is 0 Å². The minimum atomic E-state index is -0.385. The zero-order chi connectivity index (χ0) is 17.5. The molecule has 2 rings (SSSR count). The summed E-state index contributed by atoms with van der Waals surface area (Å²) in [5, 5.41) is 0.397. The van der Waals surface area contributed by atoms with E-state index in [0.29, 0.717) is 23.7 Å². The van der Waals surface area contributed by atoms with Crippen molar-refractivity contribution in [3.63, 3.8) is 0 Å². The van der Waals surface area contributed by atoms with Crippen molar-refractivity contribution in [1.82, 2.24) is 0 Å². The highest BCUT2D eigenvalue weighted by Gasteiger charge is 2.13. The quantitative estimate of drug-likeness (QED) is 0.577. The summed E-state index contributed by atoms with van der Waals surface area (Å²) in [7, 11) is 1.49. The molecule has 24 heavy (non-hydrogen) atoms. The summed E-state index contributed by atoms with van der Waals surface area (Å²) in [6.45, 7) is 0.626. The number of hydrogen-bond acceptors (Lipinski definition) is 3. The van der Waals surface area contributed by atoms with Gasteiger partial charge in [-0.25, -0.2) is 8.78 Å². The molecule has 0 N–H and O–H groups in total. The molecule has 0 aliphatic heterocycles. The van der Waals surface area contributed by atoms with E-state index in [1.54, 1.807) is 29.2 Å². The SMILES string of the molecule is C#CCN(Cc1ccc(F)cc1)c1ccc(CC(=S)OC)cc1F. The number of hydrogen-bond donors (Lipinski definition) is 0. The Kier molecular flexibility index (Phi) is 6.28. The van der Waals surface area contributed by atoms with Gasteiger partial charge in [-0.15, -0.1) is 6.42 Å². The molecule has 2 aromatic rings. The molecule has 0 amide bonds. The fraction of sp³-hybridized carbons (Fsp3) is 0.211. The van der Waals surface area contributed by atoms with Crippen LogP contribution in [-0.4, -0.2) is 18.7 Å². The van der Waals surface area contributed by atoms with Crippen LogP contribution in [0.3, 0.4) is 0 Å². The van der Waals surface area contributed by atoms with Gasteiger partial charge >= 0.3 is 0 Å². The van der Waals surface area contributed by atoms with E-state index in [2.05, 4.69) is 5.92 Å². The van der Waals surface area contributed by atoms with Crippen LogP contribution in [0.4, 0.5) is 14.5 Å². The highest BCUT2D eigenvalue weighted by atomic mass is 32.1. The zero-order valence-electron chi connectivity index (χ0n) is 13.3. The molecule has 5 heteroatoms. The Morgan fingerprint density at radius 2 is 1.83 bits per heavy atom. The number of methoxy groups -OCH3 is 1. The summed E-state index contributed by atoms with van der Waals surface area (Å²) in [6, 6.07) is 10.9. The van der Waals surface area contributed by atoms with Gasteiger partial charge in [-0.2, -0.15) is 0 Å². The molecule has 0 saturated carbocycles. The Morgan fingerprint density at radius 1 is 1.17 bits per heavy atom. The van der Waals surface area contributed by atoms with Gasteiger partial charge in [0.05, 0.1) is 19.3 Å². The maximum absolute atomic E-state index is 14.5. The van der Waals surface area contributed by atoms with Crippen molar-refractivity contribution in [2.24, 2.45) is 0 Å². The highest BCUT2D eigenvalue weighted by Crippen LogP contribution is 2.23. The van der Waals surface area contributed by atoms with Crippen LogP contribution in [0.2, 0.25) is 0 Å². The van der Waals surface area contributed by atoms with Gasteiger partial charge < -0.3 is 9.64 Å². The zero-order valence-corrected chi connectivity index (χ0v) is 14.1. The molecule has 0 aliphatic carbocycles. The standard InChI is InChI=1S/C19H17F2NOS/c1-3-10-22(13-14-4-7-16(20)8-5-14)18-9-6-15(11-17(18)21)12-19(24)23-2/h1,4-9,11H,10,12-13H2,2H3. The summed E-state index contributed by atoms with van der Waals surface area (Å²) in [6.07, 6.45) is 5.77. The summed E-state index contributed by atoms with van der Waals surface area (Å²) in [4.78, 5) is 1.72. The fourth-order valence-corrected chi connectivity index (χ4v) is 2.47. The highest BCUT2D eigenvalue weighted by molar-refractivity contribution is 7.80. The second-order valence-corrected chi connectivity index (χ2v) is 5.68. The second-order valence-electron chi connectivity index (χ2n) is 5.23. The number of halogens is 2. The van der Waals surface area contributed by atoms with E-state index in [4.69, 9.17) is 23.4 Å². The molecule has 0 aliphatic rings. The van der Waals surface area contributed by atoms with Crippen molar-refractivity contribution in [2.75, 3.05) is 18.6 Å². The van der Waals surface area contributed by atoms with Crippen molar-refractivity contribution in [2.45, 2.75) is 13.0 Å². The van der Waals surface area contributed by atoms with Crippen LogP contribution in [0.1, 0.15) is 11.1 Å². The second kappa shape index (κ2) is 8.42. The molecule has 0 aromatic heterocycles. The lowest BCUT2D eigenvalue weighted by Crippen LogP contribution is -2.24. The molecule has 0 fully saturated rings. The lowest BCUT2D eigenvalue weighted by Gasteiger charge is -2.23. The van der Waals surface area contributed by atoms with Crippen molar-refractivity contribution in [3.8, 4) is 12.3 Å². The van der Waals surface area contributed by atoms with E-state index in [1.165, 1.54) is 25.3 Å². The number of thiocarbonyl (C=S) groups is 1. The molecular weight excluding hydrogens is 328 g/mol. The Bertz CT molecular complexity index is 753.